The molecule has 0 unspecified atom stereocenters. The van der Waals surface area contributed by atoms with Crippen LogP contribution in [0.4, 0.5) is 19.0 Å². The molecule has 4 aliphatic heterocycles. The summed E-state index contributed by atoms with van der Waals surface area (Å²) in [4.78, 5) is 35.1. The summed E-state index contributed by atoms with van der Waals surface area (Å²) in [6.45, 7) is 3.40. The van der Waals surface area contributed by atoms with E-state index in [1.165, 1.54) is 12.3 Å². The van der Waals surface area contributed by atoms with Gasteiger partial charge in [-0.05, 0) is 50.7 Å². The van der Waals surface area contributed by atoms with E-state index in [-0.39, 0.29) is 47.4 Å². The molecule has 4 saturated heterocycles. The van der Waals surface area contributed by atoms with Crippen LogP contribution in [0.25, 0.3) is 32.9 Å². The van der Waals surface area contributed by atoms with Crippen molar-refractivity contribution in [3.05, 3.63) is 65.9 Å². The molecular weight excluding hydrogens is 655 g/mol. The summed E-state index contributed by atoms with van der Waals surface area (Å²) >= 11 is 0. The average Bonchev–Trinajstić information content (AvgIpc) is 3.85. The maximum atomic E-state index is 16.9. The lowest BCUT2D eigenvalue weighted by Crippen LogP contribution is -2.43. The first kappa shape index (κ1) is 33.4. The lowest BCUT2D eigenvalue weighted by molar-refractivity contribution is -0.125. The van der Waals surface area contributed by atoms with Gasteiger partial charge < -0.3 is 14.5 Å². The Hall–Kier alpha value is -4.73. The molecule has 4 atom stereocenters. The SMILES string of the molecule is C#Cc1c(F)ccc2cccc(-c3ncc4c(N(C)[C@@H]5CCN(C(=O)/C=C/[C@H]6CCN6C)C5)nc(OC[C@@]56CCCN5C[C@H](F)C6)nc4c3F)c12. The van der Waals surface area contributed by atoms with E-state index in [4.69, 9.17) is 16.1 Å². The van der Waals surface area contributed by atoms with E-state index in [0.29, 0.717) is 60.0 Å². The maximum absolute atomic E-state index is 16.9. The van der Waals surface area contributed by atoms with Crippen LogP contribution in [0.3, 0.4) is 0 Å². The Morgan fingerprint density at radius 3 is 2.80 bits per heavy atom. The Balaban J connectivity index is 1.17. The van der Waals surface area contributed by atoms with Gasteiger partial charge in [-0.2, -0.15) is 9.97 Å². The number of ether oxygens (including phenoxy) is 1. The molecule has 264 valence electrons. The van der Waals surface area contributed by atoms with Crippen LogP contribution in [0, 0.1) is 24.0 Å². The molecule has 0 bridgehead atoms. The first-order valence-electron chi connectivity index (χ1n) is 17.6. The summed E-state index contributed by atoms with van der Waals surface area (Å²) in [6.07, 6.45) is 13.8. The van der Waals surface area contributed by atoms with Gasteiger partial charge in [0.2, 0.25) is 5.91 Å². The number of carbonyl (C=O) groups excluding carboxylic acids is 1. The molecule has 1 amide bonds. The zero-order valence-corrected chi connectivity index (χ0v) is 28.8. The zero-order valence-electron chi connectivity index (χ0n) is 28.8. The van der Waals surface area contributed by atoms with Crippen LogP contribution in [0.1, 0.15) is 37.7 Å². The van der Waals surface area contributed by atoms with E-state index in [2.05, 4.69) is 25.7 Å². The van der Waals surface area contributed by atoms with Crippen LogP contribution >= 0.6 is 0 Å². The molecule has 2 aromatic heterocycles. The second-order valence-corrected chi connectivity index (χ2v) is 14.4. The highest BCUT2D eigenvalue weighted by atomic mass is 19.1. The number of anilines is 1. The van der Waals surface area contributed by atoms with E-state index >= 15 is 4.39 Å². The number of likely N-dealkylation sites (tertiary alicyclic amines) is 2. The van der Waals surface area contributed by atoms with Crippen molar-refractivity contribution in [1.82, 2.24) is 29.7 Å². The second-order valence-electron chi connectivity index (χ2n) is 14.4. The molecule has 4 aromatic rings. The quantitative estimate of drug-likeness (QED) is 0.180. The summed E-state index contributed by atoms with van der Waals surface area (Å²) in [6, 6.07) is 8.23. The van der Waals surface area contributed by atoms with Gasteiger partial charge in [0.25, 0.3) is 0 Å². The predicted octanol–water partition coefficient (Wildman–Crippen LogP) is 5.36. The highest BCUT2D eigenvalue weighted by Crippen LogP contribution is 2.41. The monoisotopic (exact) mass is 695 g/mol. The minimum absolute atomic E-state index is 0.0171. The van der Waals surface area contributed by atoms with Gasteiger partial charge in [-0.3, -0.25) is 19.6 Å². The maximum Gasteiger partial charge on any atom is 0.319 e. The number of nitrogens with zero attached hydrogens (tertiary/aromatic N) is 7. The van der Waals surface area contributed by atoms with Crippen molar-refractivity contribution in [1.29, 1.82) is 0 Å². The Bertz CT molecular complexity index is 2100. The van der Waals surface area contributed by atoms with Crippen molar-refractivity contribution < 1.29 is 22.7 Å². The molecule has 0 N–H and O–H groups in total. The number of alkyl halides is 1. The van der Waals surface area contributed by atoms with Gasteiger partial charge in [-0.1, -0.05) is 36.3 Å². The fraction of sp³-hybridized carbons (Fsp3) is 0.436. The van der Waals surface area contributed by atoms with E-state index in [0.717, 1.165) is 32.4 Å². The lowest BCUT2D eigenvalue weighted by atomic mass is 9.95. The Kier molecular flexibility index (Phi) is 8.59. The number of terminal acetylenes is 1. The Labute approximate surface area is 295 Å². The highest BCUT2D eigenvalue weighted by molar-refractivity contribution is 6.02. The van der Waals surface area contributed by atoms with E-state index in [1.54, 1.807) is 30.3 Å². The van der Waals surface area contributed by atoms with Gasteiger partial charge in [0.15, 0.2) is 5.82 Å². The minimum atomic E-state index is -0.935. The number of pyridine rings is 1. The molecule has 12 heteroatoms. The number of amides is 1. The molecule has 4 aliphatic rings. The van der Waals surface area contributed by atoms with E-state index < -0.39 is 23.3 Å². The van der Waals surface area contributed by atoms with Crippen LogP contribution in [-0.4, -0.2) is 113 Å². The van der Waals surface area contributed by atoms with Crippen LogP contribution in [0.5, 0.6) is 6.01 Å². The number of hydrogen-bond donors (Lipinski definition) is 0. The van der Waals surface area contributed by atoms with Crippen LogP contribution in [0.2, 0.25) is 0 Å². The van der Waals surface area contributed by atoms with Crippen LogP contribution < -0.4 is 9.64 Å². The number of rotatable bonds is 8. The molecule has 8 rings (SSSR count). The largest absolute Gasteiger partial charge is 0.461 e. The van der Waals surface area contributed by atoms with Crippen molar-refractivity contribution >= 4 is 33.4 Å². The minimum Gasteiger partial charge on any atom is -0.461 e. The van der Waals surface area contributed by atoms with Gasteiger partial charge in [0, 0.05) is 75.0 Å². The second kappa shape index (κ2) is 13.1. The number of hydrogen-bond acceptors (Lipinski definition) is 8. The normalized spacial score (nSPS) is 25.1. The van der Waals surface area contributed by atoms with Crippen molar-refractivity contribution in [2.75, 3.05) is 58.3 Å². The summed E-state index contributed by atoms with van der Waals surface area (Å²) in [7, 11) is 3.91. The lowest BCUT2D eigenvalue weighted by Gasteiger charge is -2.35. The number of aromatic nitrogens is 3. The topological polar surface area (TPSA) is 77.9 Å². The third-order valence-corrected chi connectivity index (χ3v) is 11.4. The third kappa shape index (κ3) is 5.86. The van der Waals surface area contributed by atoms with Crippen molar-refractivity contribution in [3.63, 3.8) is 0 Å². The van der Waals surface area contributed by atoms with Crippen LogP contribution in [-0.2, 0) is 4.79 Å². The average molecular weight is 696 g/mol. The molecule has 9 nitrogen and oxygen atoms in total. The van der Waals surface area contributed by atoms with Crippen molar-refractivity contribution in [3.8, 4) is 29.6 Å². The number of halogens is 3. The summed E-state index contributed by atoms with van der Waals surface area (Å²) in [5.74, 6) is 1.48. The Morgan fingerprint density at radius 1 is 1.16 bits per heavy atom. The van der Waals surface area contributed by atoms with Gasteiger partial charge >= 0.3 is 6.01 Å². The fourth-order valence-electron chi connectivity index (χ4n) is 8.39. The molecule has 51 heavy (non-hydrogen) atoms. The molecule has 0 aliphatic carbocycles. The standard InChI is InChI=1S/C39H40F3N7O2/c1-4-28-31(41)11-9-24-7-5-8-29(33(24)28)35-34(42)36-30(20-43-35)37(45-38(44-36)51-23-39-15-6-16-49(39)21-25(40)19-39)47(3)27-14-18-48(22-27)32(50)12-10-26-13-17-46(26)2/h1,5,7-12,20,25-27H,6,13-19,21-23H2,2-3H3/b12-10+/t25-,26+,27-,39+/m1/s1. The fourth-order valence-corrected chi connectivity index (χ4v) is 8.39. The molecule has 0 spiro atoms. The van der Waals surface area contributed by atoms with E-state index in [9.17, 15) is 13.6 Å². The van der Waals surface area contributed by atoms with Gasteiger partial charge in [-0.25, -0.2) is 13.2 Å². The third-order valence-electron chi connectivity index (χ3n) is 11.4. The summed E-state index contributed by atoms with van der Waals surface area (Å²) in [5.41, 5.74) is -0.155. The molecule has 2 aromatic carbocycles. The van der Waals surface area contributed by atoms with Gasteiger partial charge in [0.05, 0.1) is 16.5 Å². The number of benzene rings is 2. The molecule has 0 radical (unpaired) electrons. The summed E-state index contributed by atoms with van der Waals surface area (Å²) < 4.78 is 52.6. The number of likely N-dealkylation sites (N-methyl/N-ethyl adjacent to an activating group) is 2. The van der Waals surface area contributed by atoms with Gasteiger partial charge in [-0.15, -0.1) is 6.42 Å². The first-order valence-corrected chi connectivity index (χ1v) is 17.6. The smallest absolute Gasteiger partial charge is 0.319 e. The first-order chi connectivity index (χ1) is 24.7. The van der Waals surface area contributed by atoms with Crippen molar-refractivity contribution in [2.45, 2.75) is 55.9 Å². The Morgan fingerprint density at radius 2 is 2.02 bits per heavy atom. The molecule has 0 saturated carbocycles. The molecule has 4 fully saturated rings. The van der Waals surface area contributed by atoms with Gasteiger partial charge in [0.1, 0.15) is 35.6 Å². The highest BCUT2D eigenvalue weighted by Gasteiger charge is 2.49. The summed E-state index contributed by atoms with van der Waals surface area (Å²) in [5, 5.41) is 1.38. The van der Waals surface area contributed by atoms with Crippen molar-refractivity contribution in [2.24, 2.45) is 0 Å². The molecule has 6 heterocycles. The number of fused-ring (bicyclic) bond motifs is 3. The zero-order chi connectivity index (χ0) is 35.4. The van der Waals surface area contributed by atoms with Crippen LogP contribution in [0.15, 0.2) is 48.7 Å². The van der Waals surface area contributed by atoms with E-state index in [1.807, 2.05) is 30.0 Å². The number of carbonyl (C=O) groups is 1. The predicted molar refractivity (Wildman–Crippen MR) is 190 cm³/mol. The molecular formula is C39H40F3N7O2.